The molecule has 6 rings (SSSR count). The van der Waals surface area contributed by atoms with Gasteiger partial charge in [-0.3, -0.25) is 29.4 Å². The van der Waals surface area contributed by atoms with Gasteiger partial charge < -0.3 is 25.2 Å². The summed E-state index contributed by atoms with van der Waals surface area (Å²) >= 11 is 7.23. The molecule has 3 saturated heterocycles. The number of benzene rings is 2. The molecule has 3 aliphatic heterocycles. The van der Waals surface area contributed by atoms with Crippen LogP contribution in [0.2, 0.25) is 5.02 Å². The Labute approximate surface area is 337 Å². The minimum Gasteiger partial charge on any atom is -0.378 e. The highest BCUT2D eigenvalue weighted by atomic mass is 35.5. The maximum absolute atomic E-state index is 13.6. The van der Waals surface area contributed by atoms with Crippen LogP contribution in [0.5, 0.6) is 0 Å². The van der Waals surface area contributed by atoms with Crippen molar-refractivity contribution >= 4 is 64.6 Å². The van der Waals surface area contributed by atoms with Crippen molar-refractivity contribution in [3.8, 4) is 6.07 Å². The van der Waals surface area contributed by atoms with E-state index < -0.39 is 11.6 Å². The number of hydrogen-bond donors (Lipinski definition) is 3. The van der Waals surface area contributed by atoms with Crippen LogP contribution in [0.1, 0.15) is 78.2 Å². The molecular weight excluding hydrogens is 756 g/mol. The molecule has 3 N–H and O–H groups in total. The lowest BCUT2D eigenvalue weighted by atomic mass is 9.89. The molecule has 1 unspecified atom stereocenters. The fraction of sp³-hybridized carbons (Fsp3) is 0.550. The topological polar surface area (TPSA) is 167 Å². The quantitative estimate of drug-likeness (QED) is 0.105. The molecule has 2 aromatic rings. The molecule has 56 heavy (non-hydrogen) atoms. The van der Waals surface area contributed by atoms with Gasteiger partial charge in [0.1, 0.15) is 17.6 Å². The molecule has 0 spiro atoms. The van der Waals surface area contributed by atoms with E-state index >= 15 is 0 Å². The van der Waals surface area contributed by atoms with Crippen molar-refractivity contribution in [1.29, 1.82) is 5.26 Å². The van der Waals surface area contributed by atoms with E-state index in [4.69, 9.17) is 16.3 Å². The Kier molecular flexibility index (Phi) is 13.3. The zero-order chi connectivity index (χ0) is 40.1. The van der Waals surface area contributed by atoms with Gasteiger partial charge in [0.05, 0.1) is 23.2 Å². The molecule has 1 aliphatic carbocycles. The molecule has 3 heterocycles. The number of nitrogens with one attached hydrogen (secondary N) is 3. The van der Waals surface area contributed by atoms with Crippen molar-refractivity contribution in [2.45, 2.75) is 113 Å². The molecular formula is C40H51ClN8O6S. The third kappa shape index (κ3) is 9.66. The number of carbonyl (C=O) groups excluding carboxylic acids is 5. The molecule has 14 nitrogen and oxygen atoms in total. The van der Waals surface area contributed by atoms with Crippen LogP contribution < -0.4 is 16.0 Å². The average molecular weight is 807 g/mol. The number of carbonyl (C=O) groups is 5. The lowest BCUT2D eigenvalue weighted by molar-refractivity contribution is -0.133. The second-order valence-electron chi connectivity index (χ2n) is 15.7. The second-order valence-corrected chi connectivity index (χ2v) is 17.1. The summed E-state index contributed by atoms with van der Waals surface area (Å²) in [6.45, 7) is 11.4. The predicted molar refractivity (Wildman–Crippen MR) is 214 cm³/mol. The van der Waals surface area contributed by atoms with Gasteiger partial charge in [0.15, 0.2) is 0 Å². The van der Waals surface area contributed by atoms with E-state index in [1.54, 1.807) is 43.0 Å². The molecule has 4 aliphatic rings. The van der Waals surface area contributed by atoms with Crippen LogP contribution in [0.3, 0.4) is 0 Å². The molecule has 0 bridgehead atoms. The summed E-state index contributed by atoms with van der Waals surface area (Å²) in [5, 5.41) is 18.0. The summed E-state index contributed by atoms with van der Waals surface area (Å²) in [5.41, 5.74) is 0.685. The number of imide groups is 2. The number of halogens is 1. The van der Waals surface area contributed by atoms with Gasteiger partial charge in [-0.25, -0.2) is 4.79 Å². The van der Waals surface area contributed by atoms with Crippen molar-refractivity contribution in [2.75, 3.05) is 43.4 Å². The molecule has 16 heteroatoms. The Bertz CT molecular complexity index is 1850. The first-order valence-electron chi connectivity index (χ1n) is 19.4. The largest absolute Gasteiger partial charge is 0.378 e. The number of nitriles is 1. The fourth-order valence-corrected chi connectivity index (χ4v) is 9.54. The Morgan fingerprint density at radius 2 is 1.73 bits per heavy atom. The molecule has 3 atom stereocenters. The highest BCUT2D eigenvalue weighted by molar-refractivity contribution is 7.98. The maximum atomic E-state index is 13.6. The maximum Gasteiger partial charge on any atom is 0.338 e. The number of piperazine rings is 1. The van der Waals surface area contributed by atoms with Gasteiger partial charge in [-0.05, 0) is 115 Å². The van der Waals surface area contributed by atoms with E-state index in [0.29, 0.717) is 34.9 Å². The molecule has 1 saturated carbocycles. The summed E-state index contributed by atoms with van der Waals surface area (Å²) in [5.74, 6) is -0.987. The van der Waals surface area contributed by atoms with Crippen LogP contribution in [0.25, 0.3) is 0 Å². The van der Waals surface area contributed by atoms with Gasteiger partial charge in [-0.15, -0.1) is 0 Å². The first-order valence-corrected chi connectivity index (χ1v) is 20.5. The number of anilines is 2. The van der Waals surface area contributed by atoms with Crippen molar-refractivity contribution in [3.05, 3.63) is 53.1 Å². The Hall–Kier alpha value is -4.20. The lowest BCUT2D eigenvalue weighted by Gasteiger charge is -2.44. The van der Waals surface area contributed by atoms with E-state index in [9.17, 15) is 29.2 Å². The third-order valence-corrected chi connectivity index (χ3v) is 12.4. The van der Waals surface area contributed by atoms with E-state index in [-0.39, 0.29) is 71.9 Å². The molecule has 2 aromatic carbocycles. The van der Waals surface area contributed by atoms with Gasteiger partial charge in [-0.1, -0.05) is 17.7 Å². The number of nitrogens with zero attached hydrogens (tertiary/aromatic N) is 5. The highest BCUT2D eigenvalue weighted by Gasteiger charge is 2.54. The van der Waals surface area contributed by atoms with Crippen LogP contribution in [0.15, 0.2) is 47.4 Å². The zero-order valence-electron chi connectivity index (χ0n) is 32.4. The molecule has 0 radical (unpaired) electrons. The molecule has 0 aromatic heterocycles. The number of rotatable bonds is 13. The number of hydrogen-bond acceptors (Lipinski definition) is 11. The van der Waals surface area contributed by atoms with Crippen LogP contribution >= 0.6 is 23.5 Å². The summed E-state index contributed by atoms with van der Waals surface area (Å²) in [7, 11) is 0. The van der Waals surface area contributed by atoms with Crippen LogP contribution in [0, 0.1) is 11.3 Å². The number of amides is 6. The van der Waals surface area contributed by atoms with E-state index in [2.05, 4.69) is 39.6 Å². The minimum absolute atomic E-state index is 0.0648. The first kappa shape index (κ1) is 41.4. The third-order valence-electron chi connectivity index (χ3n) is 11.2. The Morgan fingerprint density at radius 1 is 1.02 bits per heavy atom. The van der Waals surface area contributed by atoms with Crippen molar-refractivity contribution < 1.29 is 28.7 Å². The highest BCUT2D eigenvalue weighted by Crippen LogP contribution is 2.41. The first-order chi connectivity index (χ1) is 26.7. The monoisotopic (exact) mass is 806 g/mol. The smallest absolute Gasteiger partial charge is 0.338 e. The van der Waals surface area contributed by atoms with E-state index in [0.717, 1.165) is 63.7 Å². The summed E-state index contributed by atoms with van der Waals surface area (Å²) in [6, 6.07) is 13.6. The van der Waals surface area contributed by atoms with Gasteiger partial charge in [0.25, 0.3) is 5.91 Å². The van der Waals surface area contributed by atoms with Gasteiger partial charge >= 0.3 is 6.03 Å². The van der Waals surface area contributed by atoms with Crippen LogP contribution in [-0.4, -0.2) is 117 Å². The van der Waals surface area contributed by atoms with E-state index in [1.165, 1.54) is 4.31 Å². The lowest BCUT2D eigenvalue weighted by Crippen LogP contribution is -2.58. The van der Waals surface area contributed by atoms with Gasteiger partial charge in [-0.2, -0.15) is 9.57 Å². The summed E-state index contributed by atoms with van der Waals surface area (Å²) in [4.78, 5) is 70.8. The van der Waals surface area contributed by atoms with Crippen molar-refractivity contribution in [2.24, 2.45) is 0 Å². The SMILES string of the molecule is C[C@@H]1CN(CCCOC2CCC(N3C(=O)N(Sc4ccc(C#N)c(Cl)c4)C(=O)C3(C)C)CC2)C[C@H](C)N1CC(=O)Nc1cccc(NC2CCC(=O)NC2=O)c1. The van der Waals surface area contributed by atoms with Crippen molar-refractivity contribution in [3.63, 3.8) is 0 Å². The number of piperidine rings is 1. The van der Waals surface area contributed by atoms with E-state index in [1.807, 2.05) is 24.3 Å². The van der Waals surface area contributed by atoms with Crippen molar-refractivity contribution in [1.82, 2.24) is 24.3 Å². The number of ether oxygens (including phenoxy) is 1. The normalized spacial score (nSPS) is 25.9. The molecule has 300 valence electrons. The summed E-state index contributed by atoms with van der Waals surface area (Å²) in [6.07, 6.45) is 4.84. The van der Waals surface area contributed by atoms with Gasteiger partial charge in [0, 0.05) is 67.1 Å². The average Bonchev–Trinajstić information content (AvgIpc) is 3.31. The fourth-order valence-electron chi connectivity index (χ4n) is 8.27. The van der Waals surface area contributed by atoms with Crippen LogP contribution in [-0.2, 0) is 23.9 Å². The molecule has 6 amide bonds. The Balaban J connectivity index is 0.895. The predicted octanol–water partition coefficient (Wildman–Crippen LogP) is 5.23. The second kappa shape index (κ2) is 17.9. The summed E-state index contributed by atoms with van der Waals surface area (Å²) < 4.78 is 7.52. The van der Waals surface area contributed by atoms with Crippen LogP contribution in [0.4, 0.5) is 16.2 Å². The standard InChI is InChI=1S/C40H51ClN8O6S/c1-25-22-46(23-26(2)47(25)24-36(51)44-29-8-5-7-28(19-29)43-34-15-16-35(50)45-37(34)52)17-6-18-55-31-12-10-30(11-13-31)48-39(54)49(38(53)40(48,3)4)56-32-14-9-27(21-42)33(41)20-32/h5,7-9,14,19-20,25-26,30-31,34,43H,6,10-13,15-18,22-24H2,1-4H3,(H,44,51)(H,45,50,52)/t25-,26+,30?,31?,34?. The zero-order valence-corrected chi connectivity index (χ0v) is 34.0. The minimum atomic E-state index is -0.981. The Morgan fingerprint density at radius 3 is 2.41 bits per heavy atom. The van der Waals surface area contributed by atoms with Gasteiger partial charge in [0.2, 0.25) is 17.7 Å². The number of urea groups is 1. The molecule has 4 fully saturated rings.